The van der Waals surface area contributed by atoms with E-state index in [1.165, 1.54) is 0 Å². The first-order chi connectivity index (χ1) is 7.90. The monoisotopic (exact) mass is 237 g/mol. The molecule has 1 rings (SSSR count). The van der Waals surface area contributed by atoms with E-state index in [1.807, 2.05) is 18.7 Å². The van der Waals surface area contributed by atoms with E-state index in [0.29, 0.717) is 6.04 Å². The van der Waals surface area contributed by atoms with Gasteiger partial charge in [0.05, 0.1) is 11.3 Å². The minimum atomic E-state index is 0.0901. The fourth-order valence-corrected chi connectivity index (χ4v) is 2.14. The van der Waals surface area contributed by atoms with Gasteiger partial charge in [0.25, 0.3) is 0 Å². The summed E-state index contributed by atoms with van der Waals surface area (Å²) in [5.74, 6) is 1.04. The average molecular weight is 237 g/mol. The fourth-order valence-electron chi connectivity index (χ4n) is 2.14. The highest BCUT2D eigenvalue weighted by Crippen LogP contribution is 2.24. The van der Waals surface area contributed by atoms with Crippen LogP contribution in [0.5, 0.6) is 0 Å². The van der Waals surface area contributed by atoms with Crippen LogP contribution in [0.4, 0.5) is 5.82 Å². The number of nitrogens with zero attached hydrogens (tertiary/aromatic N) is 3. The molecule has 0 amide bonds. The van der Waals surface area contributed by atoms with Crippen molar-refractivity contribution in [3.63, 3.8) is 0 Å². The lowest BCUT2D eigenvalue weighted by Crippen LogP contribution is -2.34. The van der Waals surface area contributed by atoms with Crippen molar-refractivity contribution < 1.29 is 0 Å². The molecule has 0 saturated heterocycles. The number of aromatic nitrogens is 2. The lowest BCUT2D eigenvalue weighted by molar-refractivity contribution is 0.628. The van der Waals surface area contributed by atoms with E-state index in [9.17, 15) is 0 Å². The molecule has 1 aromatic rings. The number of aryl methyl sites for hydroxylation is 2. The topological polar surface area (TPSA) is 70.9 Å². The summed E-state index contributed by atoms with van der Waals surface area (Å²) in [6.45, 7) is 9.26. The Morgan fingerprint density at radius 2 is 2.12 bits per heavy atom. The highest BCUT2D eigenvalue weighted by Gasteiger charge is 2.22. The maximum atomic E-state index is 7.69. The molecule has 0 radical (unpaired) electrons. The van der Waals surface area contributed by atoms with E-state index in [-0.39, 0.29) is 5.84 Å². The van der Waals surface area contributed by atoms with Gasteiger partial charge in [-0.2, -0.15) is 5.10 Å². The molecule has 17 heavy (non-hydrogen) atoms. The van der Waals surface area contributed by atoms with Crippen LogP contribution in [-0.4, -0.2) is 28.2 Å². The number of nitrogens with one attached hydrogen (secondary N) is 1. The minimum absolute atomic E-state index is 0.0901. The molecule has 3 N–H and O–H groups in total. The number of hydrogen-bond donors (Lipinski definition) is 2. The van der Waals surface area contributed by atoms with Crippen LogP contribution >= 0.6 is 0 Å². The highest BCUT2D eigenvalue weighted by atomic mass is 15.4. The van der Waals surface area contributed by atoms with E-state index in [4.69, 9.17) is 11.1 Å². The largest absolute Gasteiger partial charge is 0.384 e. The van der Waals surface area contributed by atoms with Crippen molar-refractivity contribution in [2.45, 2.75) is 40.2 Å². The summed E-state index contributed by atoms with van der Waals surface area (Å²) in [6.07, 6.45) is 1.06. The number of rotatable bonds is 5. The third-order valence-electron chi connectivity index (χ3n) is 2.82. The standard InChI is InChI=1S/C12H23N5/c1-6-7-17(8(2)3)12-10(11(13)14)9(4)15-16(12)5/h8H,6-7H2,1-5H3,(H3,13,14). The maximum absolute atomic E-state index is 7.69. The SMILES string of the molecule is CCCN(c1c(C(=N)N)c(C)nn1C)C(C)C. The van der Waals surface area contributed by atoms with Crippen LogP contribution in [0.25, 0.3) is 0 Å². The van der Waals surface area contributed by atoms with E-state index < -0.39 is 0 Å². The summed E-state index contributed by atoms with van der Waals surface area (Å²) in [6, 6.07) is 0.364. The van der Waals surface area contributed by atoms with Gasteiger partial charge >= 0.3 is 0 Å². The van der Waals surface area contributed by atoms with Gasteiger partial charge in [-0.15, -0.1) is 0 Å². The molecule has 0 aromatic carbocycles. The van der Waals surface area contributed by atoms with Gasteiger partial charge < -0.3 is 10.6 Å². The van der Waals surface area contributed by atoms with Crippen molar-refractivity contribution in [3.8, 4) is 0 Å². The Morgan fingerprint density at radius 1 is 1.53 bits per heavy atom. The van der Waals surface area contributed by atoms with Crippen LogP contribution in [0.2, 0.25) is 0 Å². The average Bonchev–Trinajstić information content (AvgIpc) is 2.49. The first-order valence-corrected chi connectivity index (χ1v) is 6.04. The first kappa shape index (κ1) is 13.5. The van der Waals surface area contributed by atoms with Crippen LogP contribution in [0.15, 0.2) is 0 Å². The van der Waals surface area contributed by atoms with Crippen molar-refractivity contribution in [1.82, 2.24) is 9.78 Å². The summed E-state index contributed by atoms with van der Waals surface area (Å²) in [7, 11) is 1.90. The van der Waals surface area contributed by atoms with Crippen LogP contribution in [0.1, 0.15) is 38.4 Å². The van der Waals surface area contributed by atoms with Gasteiger partial charge in [0, 0.05) is 19.6 Å². The lowest BCUT2D eigenvalue weighted by Gasteiger charge is -2.29. The van der Waals surface area contributed by atoms with E-state index in [1.54, 1.807) is 0 Å². The normalized spacial score (nSPS) is 10.9. The van der Waals surface area contributed by atoms with E-state index >= 15 is 0 Å². The third-order valence-corrected chi connectivity index (χ3v) is 2.82. The predicted octanol–water partition coefficient (Wildman–Crippen LogP) is 1.64. The van der Waals surface area contributed by atoms with E-state index in [2.05, 4.69) is 30.8 Å². The number of nitrogen functional groups attached to an aromatic ring is 1. The molecular formula is C12H23N5. The zero-order valence-electron chi connectivity index (χ0n) is 11.4. The smallest absolute Gasteiger partial charge is 0.138 e. The zero-order valence-corrected chi connectivity index (χ0v) is 11.4. The Hall–Kier alpha value is -1.52. The number of anilines is 1. The molecule has 0 unspecified atom stereocenters. The number of nitrogens with two attached hydrogens (primary N) is 1. The van der Waals surface area contributed by atoms with Crippen molar-refractivity contribution >= 4 is 11.7 Å². The molecule has 0 saturated carbocycles. The molecule has 0 aliphatic carbocycles. The molecule has 0 aliphatic rings. The minimum Gasteiger partial charge on any atom is -0.384 e. The highest BCUT2D eigenvalue weighted by molar-refractivity contribution is 6.01. The molecule has 5 nitrogen and oxygen atoms in total. The number of amidine groups is 1. The second-order valence-corrected chi connectivity index (χ2v) is 4.61. The summed E-state index contributed by atoms with van der Waals surface area (Å²) in [4.78, 5) is 2.25. The fraction of sp³-hybridized carbons (Fsp3) is 0.667. The first-order valence-electron chi connectivity index (χ1n) is 6.04. The second-order valence-electron chi connectivity index (χ2n) is 4.61. The zero-order chi connectivity index (χ0) is 13.2. The van der Waals surface area contributed by atoms with Gasteiger partial charge in [-0.25, -0.2) is 0 Å². The van der Waals surface area contributed by atoms with Crippen LogP contribution in [0, 0.1) is 12.3 Å². The molecule has 0 aliphatic heterocycles. The van der Waals surface area contributed by atoms with Crippen molar-refractivity contribution in [2.75, 3.05) is 11.4 Å². The predicted molar refractivity (Wildman–Crippen MR) is 71.7 cm³/mol. The number of hydrogen-bond acceptors (Lipinski definition) is 3. The molecule has 0 fully saturated rings. The molecule has 0 atom stereocenters. The molecule has 1 heterocycles. The summed E-state index contributed by atoms with van der Waals surface area (Å²) >= 11 is 0. The molecule has 96 valence electrons. The lowest BCUT2D eigenvalue weighted by atomic mass is 10.2. The van der Waals surface area contributed by atoms with Crippen molar-refractivity contribution in [3.05, 3.63) is 11.3 Å². The van der Waals surface area contributed by atoms with Gasteiger partial charge in [0.1, 0.15) is 11.7 Å². The maximum Gasteiger partial charge on any atom is 0.138 e. The Kier molecular flexibility index (Phi) is 4.15. The van der Waals surface area contributed by atoms with Gasteiger partial charge in [-0.05, 0) is 27.2 Å². The molecule has 0 spiro atoms. The van der Waals surface area contributed by atoms with Gasteiger partial charge in [-0.1, -0.05) is 6.92 Å². The quantitative estimate of drug-likeness (QED) is 0.604. The molecule has 5 heteroatoms. The van der Waals surface area contributed by atoms with Gasteiger partial charge in [0.2, 0.25) is 0 Å². The van der Waals surface area contributed by atoms with Crippen molar-refractivity contribution in [1.29, 1.82) is 5.41 Å². The molecule has 1 aromatic heterocycles. The summed E-state index contributed by atoms with van der Waals surface area (Å²) in [5, 5.41) is 12.1. The Balaban J connectivity index is 3.31. The van der Waals surface area contributed by atoms with Crippen molar-refractivity contribution in [2.24, 2.45) is 12.8 Å². The van der Waals surface area contributed by atoms with Crippen LogP contribution in [-0.2, 0) is 7.05 Å². The Labute approximate surface area is 103 Å². The Morgan fingerprint density at radius 3 is 2.53 bits per heavy atom. The summed E-state index contributed by atoms with van der Waals surface area (Å²) < 4.78 is 1.82. The van der Waals surface area contributed by atoms with Gasteiger partial charge in [0.15, 0.2) is 0 Å². The molecule has 0 bridgehead atoms. The van der Waals surface area contributed by atoms with Gasteiger partial charge in [-0.3, -0.25) is 10.1 Å². The van der Waals surface area contributed by atoms with Crippen LogP contribution in [0.3, 0.4) is 0 Å². The Bertz CT molecular complexity index is 405. The summed E-state index contributed by atoms with van der Waals surface area (Å²) in [5.41, 5.74) is 7.24. The second kappa shape index (κ2) is 5.21. The molecular weight excluding hydrogens is 214 g/mol. The van der Waals surface area contributed by atoms with Crippen LogP contribution < -0.4 is 10.6 Å². The van der Waals surface area contributed by atoms with E-state index in [0.717, 1.165) is 30.0 Å². The third kappa shape index (κ3) is 2.60.